The molecule has 0 saturated carbocycles. The van der Waals surface area contributed by atoms with Crippen molar-refractivity contribution in [1.82, 2.24) is 4.98 Å². The van der Waals surface area contributed by atoms with Crippen LogP contribution in [0, 0.1) is 5.82 Å². The Morgan fingerprint density at radius 3 is 2.72 bits per heavy atom. The molecule has 150 valence electrons. The van der Waals surface area contributed by atoms with Crippen LogP contribution in [0.2, 0.25) is 0 Å². The van der Waals surface area contributed by atoms with E-state index in [4.69, 9.17) is 9.15 Å². The lowest BCUT2D eigenvalue weighted by Crippen LogP contribution is -2.14. The first kappa shape index (κ1) is 20.6. The van der Waals surface area contributed by atoms with Gasteiger partial charge >= 0.3 is 5.97 Å². The summed E-state index contributed by atoms with van der Waals surface area (Å²) in [5.41, 5.74) is -0.0144. The Labute approximate surface area is 170 Å². The summed E-state index contributed by atoms with van der Waals surface area (Å²) in [4.78, 5) is 29.0. The van der Waals surface area contributed by atoms with Gasteiger partial charge < -0.3 is 14.3 Å². The average molecular weight is 415 g/mol. The van der Waals surface area contributed by atoms with Crippen LogP contribution in [0.5, 0.6) is 5.75 Å². The van der Waals surface area contributed by atoms with Crippen LogP contribution in [0.4, 0.5) is 4.39 Å². The van der Waals surface area contributed by atoms with E-state index in [0.717, 1.165) is 4.90 Å². The Morgan fingerprint density at radius 2 is 2.07 bits per heavy atom. The summed E-state index contributed by atoms with van der Waals surface area (Å²) in [5, 5.41) is 10.3. The molecule has 0 spiro atoms. The highest BCUT2D eigenvalue weighted by Crippen LogP contribution is 2.34. The molecule has 1 unspecified atom stereocenters. The smallest absolute Gasteiger partial charge is 0.306 e. The Morgan fingerprint density at radius 1 is 1.31 bits per heavy atom. The predicted octanol–water partition coefficient (Wildman–Crippen LogP) is 3.87. The third-order valence-corrected chi connectivity index (χ3v) is 5.23. The number of nitrogens with zero attached hydrogens (tertiary/aromatic N) is 1. The first-order valence-corrected chi connectivity index (χ1v) is 9.67. The molecule has 0 amide bonds. The molecule has 0 bridgehead atoms. The van der Waals surface area contributed by atoms with Gasteiger partial charge in [0.05, 0.1) is 25.2 Å². The van der Waals surface area contributed by atoms with Gasteiger partial charge in [0.15, 0.2) is 5.76 Å². The highest BCUT2D eigenvalue weighted by molar-refractivity contribution is 7.98. The average Bonchev–Trinajstić information content (AvgIpc) is 2.74. The summed E-state index contributed by atoms with van der Waals surface area (Å²) in [6.45, 7) is 0. The van der Waals surface area contributed by atoms with Crippen molar-refractivity contribution in [3.8, 4) is 5.75 Å². The lowest BCUT2D eigenvalue weighted by molar-refractivity contribution is -0.140. The summed E-state index contributed by atoms with van der Waals surface area (Å²) >= 11 is 1.35. The Kier molecular flexibility index (Phi) is 6.66. The number of carbonyl (C=O) groups is 1. The Bertz CT molecular complexity index is 1040. The molecule has 0 saturated heterocycles. The van der Waals surface area contributed by atoms with Gasteiger partial charge in [0.2, 0.25) is 11.2 Å². The molecule has 2 aromatic heterocycles. The minimum atomic E-state index is -0.736. The van der Waals surface area contributed by atoms with Crippen LogP contribution in [0.3, 0.4) is 0 Å². The number of hydrogen-bond donors (Lipinski definition) is 1. The number of halogens is 1. The SMILES string of the molecule is COC(=O)CC(c1cccnc1)c1oc(CSc2ccc(F)cc2)cc(=O)c1O. The third kappa shape index (κ3) is 5.23. The number of thioether (sulfide) groups is 1. The van der Waals surface area contributed by atoms with Gasteiger partial charge in [-0.15, -0.1) is 11.8 Å². The number of carbonyl (C=O) groups excluding carboxylic acids is 1. The van der Waals surface area contributed by atoms with E-state index < -0.39 is 23.1 Å². The number of rotatable bonds is 7. The molecular formula is C21H18FNO5S. The number of aromatic hydroxyl groups is 1. The molecule has 1 atom stereocenters. The van der Waals surface area contributed by atoms with Crippen LogP contribution in [0.25, 0.3) is 0 Å². The number of benzene rings is 1. The molecule has 8 heteroatoms. The largest absolute Gasteiger partial charge is 0.502 e. The predicted molar refractivity (Wildman–Crippen MR) is 105 cm³/mol. The lowest BCUT2D eigenvalue weighted by Gasteiger charge is -2.17. The maximum atomic E-state index is 13.0. The Balaban J connectivity index is 1.94. The van der Waals surface area contributed by atoms with Gasteiger partial charge in [-0.25, -0.2) is 4.39 Å². The standard InChI is InChI=1S/C21H18FNO5S/c1-27-19(25)10-17(13-3-2-8-23-11-13)21-20(26)18(24)9-15(28-21)12-29-16-6-4-14(22)5-7-16/h2-9,11,17,26H,10,12H2,1H3. The van der Waals surface area contributed by atoms with Gasteiger partial charge in [-0.3, -0.25) is 14.6 Å². The molecule has 0 aliphatic carbocycles. The normalized spacial score (nSPS) is 11.8. The first-order chi connectivity index (χ1) is 14.0. The molecule has 0 radical (unpaired) electrons. The van der Waals surface area contributed by atoms with Crippen LogP contribution >= 0.6 is 11.8 Å². The van der Waals surface area contributed by atoms with Crippen LogP contribution in [-0.2, 0) is 15.3 Å². The van der Waals surface area contributed by atoms with Crippen LogP contribution in [-0.4, -0.2) is 23.2 Å². The zero-order valence-corrected chi connectivity index (χ0v) is 16.3. The number of esters is 1. The maximum Gasteiger partial charge on any atom is 0.306 e. The van der Waals surface area contributed by atoms with Crippen LogP contribution in [0.1, 0.15) is 29.4 Å². The van der Waals surface area contributed by atoms with Crippen molar-refractivity contribution in [1.29, 1.82) is 0 Å². The first-order valence-electron chi connectivity index (χ1n) is 8.69. The molecule has 3 aromatic rings. The van der Waals surface area contributed by atoms with Crippen molar-refractivity contribution in [3.05, 3.63) is 88.0 Å². The number of pyridine rings is 1. The molecule has 29 heavy (non-hydrogen) atoms. The fraction of sp³-hybridized carbons (Fsp3) is 0.190. The highest BCUT2D eigenvalue weighted by Gasteiger charge is 2.26. The molecule has 0 fully saturated rings. The second-order valence-corrected chi connectivity index (χ2v) is 7.20. The van der Waals surface area contributed by atoms with Crippen molar-refractivity contribution in [2.24, 2.45) is 0 Å². The number of aromatic nitrogens is 1. The van der Waals surface area contributed by atoms with Gasteiger partial charge in [0.25, 0.3) is 0 Å². The van der Waals surface area contributed by atoms with E-state index in [0.29, 0.717) is 11.3 Å². The fourth-order valence-electron chi connectivity index (χ4n) is 2.74. The van der Waals surface area contributed by atoms with Gasteiger partial charge in [0.1, 0.15) is 11.6 Å². The highest BCUT2D eigenvalue weighted by atomic mass is 32.2. The fourth-order valence-corrected chi connectivity index (χ4v) is 3.52. The van der Waals surface area contributed by atoms with Gasteiger partial charge in [-0.1, -0.05) is 6.07 Å². The zero-order chi connectivity index (χ0) is 20.8. The van der Waals surface area contributed by atoms with E-state index in [1.54, 1.807) is 30.5 Å². The molecular weight excluding hydrogens is 397 g/mol. The number of hydrogen-bond acceptors (Lipinski definition) is 7. The quantitative estimate of drug-likeness (QED) is 0.463. The van der Waals surface area contributed by atoms with Crippen LogP contribution < -0.4 is 5.43 Å². The molecule has 2 heterocycles. The summed E-state index contributed by atoms with van der Waals surface area (Å²) in [6, 6.07) is 10.5. The molecule has 1 N–H and O–H groups in total. The lowest BCUT2D eigenvalue weighted by atomic mass is 9.93. The van der Waals surface area contributed by atoms with E-state index in [9.17, 15) is 19.1 Å². The van der Waals surface area contributed by atoms with Crippen molar-refractivity contribution in [3.63, 3.8) is 0 Å². The van der Waals surface area contributed by atoms with Crippen molar-refractivity contribution in [2.75, 3.05) is 7.11 Å². The summed E-state index contributed by atoms with van der Waals surface area (Å²) < 4.78 is 23.6. The Hall–Kier alpha value is -3.13. The zero-order valence-electron chi connectivity index (χ0n) is 15.5. The van der Waals surface area contributed by atoms with E-state index in [2.05, 4.69) is 4.98 Å². The molecule has 1 aromatic carbocycles. The minimum absolute atomic E-state index is 0.0226. The van der Waals surface area contributed by atoms with Gasteiger partial charge in [-0.2, -0.15) is 0 Å². The number of ether oxygens (including phenoxy) is 1. The summed E-state index contributed by atoms with van der Waals surface area (Å²) in [6.07, 6.45) is 2.98. The molecule has 3 rings (SSSR count). The number of methoxy groups -OCH3 is 1. The topological polar surface area (TPSA) is 89.6 Å². The molecule has 0 aliphatic heterocycles. The maximum absolute atomic E-state index is 13.0. The van der Waals surface area contributed by atoms with E-state index in [1.165, 1.54) is 43.3 Å². The van der Waals surface area contributed by atoms with Crippen LogP contribution in [0.15, 0.2) is 69.0 Å². The molecule has 0 aliphatic rings. The van der Waals surface area contributed by atoms with E-state index >= 15 is 0 Å². The molecule has 6 nitrogen and oxygen atoms in total. The van der Waals surface area contributed by atoms with Crippen molar-refractivity contribution in [2.45, 2.75) is 23.0 Å². The minimum Gasteiger partial charge on any atom is -0.502 e. The van der Waals surface area contributed by atoms with Crippen molar-refractivity contribution >= 4 is 17.7 Å². The monoisotopic (exact) mass is 415 g/mol. The second-order valence-electron chi connectivity index (χ2n) is 6.15. The van der Waals surface area contributed by atoms with Gasteiger partial charge in [0, 0.05) is 23.4 Å². The van der Waals surface area contributed by atoms with E-state index in [1.807, 2.05) is 0 Å². The summed E-state index contributed by atoms with van der Waals surface area (Å²) in [7, 11) is 1.26. The third-order valence-electron chi connectivity index (χ3n) is 4.20. The second kappa shape index (κ2) is 9.38. The van der Waals surface area contributed by atoms with Gasteiger partial charge in [-0.05, 0) is 35.9 Å². The van der Waals surface area contributed by atoms with Crippen molar-refractivity contribution < 1.29 is 23.4 Å². The van der Waals surface area contributed by atoms with E-state index in [-0.39, 0.29) is 23.8 Å². The summed E-state index contributed by atoms with van der Waals surface area (Å²) in [5.74, 6) is -1.58.